The number of hydrogen-bond donors (Lipinski definition) is 2. The number of nitrogens with zero attached hydrogens (tertiary/aromatic N) is 2. The number of primary sulfonamides is 1. The van der Waals surface area contributed by atoms with Crippen LogP contribution in [-0.4, -0.2) is 29.1 Å². The fourth-order valence-corrected chi connectivity index (χ4v) is 4.34. The number of halogens is 1. The Morgan fingerprint density at radius 3 is 2.61 bits per heavy atom. The first-order valence-corrected chi connectivity index (χ1v) is 11.8. The largest absolute Gasteiger partial charge is 0.325 e. The molecular formula is C20H19ClN4O4S2. The highest BCUT2D eigenvalue weighted by atomic mass is 35.5. The van der Waals surface area contributed by atoms with Gasteiger partial charge >= 0.3 is 0 Å². The lowest BCUT2D eigenvalue weighted by Gasteiger charge is -2.15. The maximum absolute atomic E-state index is 12.9. The Morgan fingerprint density at radius 1 is 1.32 bits per heavy atom. The van der Waals surface area contributed by atoms with Gasteiger partial charge in [0.25, 0.3) is 5.56 Å². The number of allylic oxidation sites excluding steroid dienone is 1. The number of fused-ring (bicyclic) bond motifs is 1. The molecule has 0 saturated carbocycles. The van der Waals surface area contributed by atoms with Crippen molar-refractivity contribution in [1.29, 1.82) is 0 Å². The maximum atomic E-state index is 12.9. The lowest BCUT2D eigenvalue weighted by atomic mass is 10.2. The van der Waals surface area contributed by atoms with E-state index in [0.717, 1.165) is 11.8 Å². The quantitative estimate of drug-likeness (QED) is 0.305. The van der Waals surface area contributed by atoms with Crippen molar-refractivity contribution < 1.29 is 13.2 Å². The monoisotopic (exact) mass is 478 g/mol. The molecule has 8 nitrogen and oxygen atoms in total. The first-order chi connectivity index (χ1) is 14.6. The van der Waals surface area contributed by atoms with Gasteiger partial charge in [0.1, 0.15) is 0 Å². The molecule has 162 valence electrons. The van der Waals surface area contributed by atoms with Gasteiger partial charge in [0.05, 0.1) is 21.0 Å². The summed E-state index contributed by atoms with van der Waals surface area (Å²) in [4.78, 5) is 30.0. The van der Waals surface area contributed by atoms with E-state index in [1.165, 1.54) is 28.8 Å². The number of benzene rings is 2. The summed E-state index contributed by atoms with van der Waals surface area (Å²) in [6.07, 6.45) is 1.57. The number of amides is 1. The number of anilines is 1. The summed E-state index contributed by atoms with van der Waals surface area (Å²) in [6.45, 7) is 5.57. The Hall–Kier alpha value is -2.66. The summed E-state index contributed by atoms with van der Waals surface area (Å²) in [7, 11) is -3.81. The average molecular weight is 479 g/mol. The molecule has 3 N–H and O–H groups in total. The number of thioether (sulfide) groups is 1. The Balaban J connectivity index is 1.85. The van der Waals surface area contributed by atoms with Crippen molar-refractivity contribution in [2.45, 2.75) is 28.8 Å². The minimum Gasteiger partial charge on any atom is -0.325 e. The number of hydrogen-bond acceptors (Lipinski definition) is 6. The second-order valence-corrected chi connectivity index (χ2v) is 9.88. The highest BCUT2D eigenvalue weighted by Gasteiger charge is 2.20. The Labute approximate surface area is 188 Å². The number of sulfonamides is 1. The molecule has 1 atom stereocenters. The van der Waals surface area contributed by atoms with E-state index in [-0.39, 0.29) is 22.9 Å². The van der Waals surface area contributed by atoms with E-state index in [2.05, 4.69) is 16.9 Å². The minimum atomic E-state index is -3.81. The Bertz CT molecular complexity index is 1320. The number of aromatic nitrogens is 2. The van der Waals surface area contributed by atoms with Crippen molar-refractivity contribution in [2.75, 3.05) is 5.32 Å². The van der Waals surface area contributed by atoms with Gasteiger partial charge in [-0.15, -0.1) is 6.58 Å². The molecule has 1 heterocycles. The Morgan fingerprint density at radius 2 is 2.00 bits per heavy atom. The van der Waals surface area contributed by atoms with E-state index < -0.39 is 15.3 Å². The van der Waals surface area contributed by atoms with Crippen LogP contribution in [0.3, 0.4) is 0 Å². The first-order valence-electron chi connectivity index (χ1n) is 9.01. The van der Waals surface area contributed by atoms with E-state index in [4.69, 9.17) is 16.7 Å². The van der Waals surface area contributed by atoms with E-state index in [9.17, 15) is 18.0 Å². The zero-order valence-corrected chi connectivity index (χ0v) is 18.8. The molecule has 0 saturated heterocycles. The van der Waals surface area contributed by atoms with Gasteiger partial charge in [0.15, 0.2) is 5.16 Å². The van der Waals surface area contributed by atoms with Crippen LogP contribution in [0.5, 0.6) is 0 Å². The van der Waals surface area contributed by atoms with Crippen LogP contribution in [0.2, 0.25) is 5.02 Å². The fraction of sp³-hybridized carbons (Fsp3) is 0.150. The molecule has 3 rings (SSSR count). The average Bonchev–Trinajstić information content (AvgIpc) is 2.71. The topological polar surface area (TPSA) is 124 Å². The van der Waals surface area contributed by atoms with E-state index in [1.54, 1.807) is 31.2 Å². The zero-order valence-electron chi connectivity index (χ0n) is 16.4. The number of nitrogens with one attached hydrogen (secondary N) is 1. The van der Waals surface area contributed by atoms with Gasteiger partial charge < -0.3 is 5.32 Å². The third kappa shape index (κ3) is 5.34. The Kier molecular flexibility index (Phi) is 6.85. The lowest BCUT2D eigenvalue weighted by Crippen LogP contribution is -2.26. The summed E-state index contributed by atoms with van der Waals surface area (Å²) in [5.41, 5.74) is 0.610. The molecule has 0 spiro atoms. The molecule has 1 amide bonds. The van der Waals surface area contributed by atoms with Crippen LogP contribution in [0.1, 0.15) is 6.92 Å². The van der Waals surface area contributed by atoms with Gasteiger partial charge in [-0.05, 0) is 49.4 Å². The van der Waals surface area contributed by atoms with Crippen molar-refractivity contribution in [3.8, 4) is 0 Å². The summed E-state index contributed by atoms with van der Waals surface area (Å²) in [5.74, 6) is -0.344. The summed E-state index contributed by atoms with van der Waals surface area (Å²) >= 11 is 7.12. The van der Waals surface area contributed by atoms with Gasteiger partial charge in [0.2, 0.25) is 15.9 Å². The molecule has 0 radical (unpaired) electrons. The molecule has 0 aliphatic carbocycles. The molecule has 1 aromatic heterocycles. The van der Waals surface area contributed by atoms with Crippen LogP contribution >= 0.6 is 23.4 Å². The van der Waals surface area contributed by atoms with Gasteiger partial charge in [0, 0.05) is 17.3 Å². The van der Waals surface area contributed by atoms with Gasteiger partial charge in [-0.25, -0.2) is 18.5 Å². The molecule has 11 heteroatoms. The molecule has 0 bridgehead atoms. The van der Waals surface area contributed by atoms with Crippen molar-refractivity contribution >= 4 is 55.9 Å². The van der Waals surface area contributed by atoms with Crippen molar-refractivity contribution in [2.24, 2.45) is 5.14 Å². The maximum Gasteiger partial charge on any atom is 0.262 e. The number of rotatable bonds is 7. The van der Waals surface area contributed by atoms with Crippen LogP contribution in [0, 0.1) is 0 Å². The predicted octanol–water partition coefficient (Wildman–Crippen LogP) is 3.00. The first kappa shape index (κ1) is 23.0. The molecule has 0 unspecified atom stereocenters. The standard InChI is InChI=1S/C20H19ClN4O4S2/c1-3-10-25-19(27)16-11-13(21)4-9-17(16)24-20(25)30-12(2)18(26)23-14-5-7-15(8-6-14)31(22,28)29/h3-9,11-12H,1,10H2,2H3,(H,23,26)(H2,22,28,29)/t12-/m0/s1. The van der Waals surface area contributed by atoms with E-state index in [0.29, 0.717) is 26.8 Å². The van der Waals surface area contributed by atoms with Crippen LogP contribution in [0.15, 0.2) is 70.0 Å². The van der Waals surface area contributed by atoms with Gasteiger partial charge in [-0.1, -0.05) is 29.4 Å². The third-order valence-electron chi connectivity index (χ3n) is 4.29. The van der Waals surface area contributed by atoms with Crippen LogP contribution in [0.25, 0.3) is 10.9 Å². The summed E-state index contributed by atoms with van der Waals surface area (Å²) < 4.78 is 24.1. The summed E-state index contributed by atoms with van der Waals surface area (Å²) in [6, 6.07) is 10.4. The highest BCUT2D eigenvalue weighted by molar-refractivity contribution is 8.00. The smallest absolute Gasteiger partial charge is 0.262 e. The molecule has 31 heavy (non-hydrogen) atoms. The number of carbonyl (C=O) groups is 1. The molecular weight excluding hydrogens is 460 g/mol. The molecule has 2 aromatic carbocycles. The normalized spacial score (nSPS) is 12.5. The van der Waals surface area contributed by atoms with Gasteiger partial charge in [-0.3, -0.25) is 14.2 Å². The SMILES string of the molecule is C=CCn1c(S[C@@H](C)C(=O)Nc2ccc(S(N)(=O)=O)cc2)nc2ccc(Cl)cc2c1=O. The number of nitrogens with two attached hydrogens (primary N) is 1. The van der Waals surface area contributed by atoms with Crippen molar-refractivity contribution in [3.63, 3.8) is 0 Å². The third-order valence-corrected chi connectivity index (χ3v) is 6.55. The van der Waals surface area contributed by atoms with Gasteiger partial charge in [-0.2, -0.15) is 0 Å². The lowest BCUT2D eigenvalue weighted by molar-refractivity contribution is -0.115. The van der Waals surface area contributed by atoms with Crippen molar-refractivity contribution in [1.82, 2.24) is 9.55 Å². The van der Waals surface area contributed by atoms with Crippen molar-refractivity contribution in [3.05, 3.63) is 70.5 Å². The van der Waals surface area contributed by atoms with Crippen LogP contribution in [-0.2, 0) is 21.4 Å². The number of carbonyl (C=O) groups excluding carboxylic acids is 1. The molecule has 0 aliphatic rings. The second-order valence-electron chi connectivity index (χ2n) is 6.58. The van der Waals surface area contributed by atoms with E-state index >= 15 is 0 Å². The minimum absolute atomic E-state index is 0.0539. The molecule has 0 aliphatic heterocycles. The molecule has 3 aromatic rings. The second kappa shape index (κ2) is 9.23. The van der Waals surface area contributed by atoms with Crippen LogP contribution < -0.4 is 16.0 Å². The molecule has 0 fully saturated rings. The van der Waals surface area contributed by atoms with Crippen LogP contribution in [0.4, 0.5) is 5.69 Å². The highest BCUT2D eigenvalue weighted by Crippen LogP contribution is 2.25. The summed E-state index contributed by atoms with van der Waals surface area (Å²) in [5, 5.41) is 8.35. The van der Waals surface area contributed by atoms with E-state index in [1.807, 2.05) is 0 Å². The fourth-order valence-electron chi connectivity index (χ4n) is 2.74. The predicted molar refractivity (Wildman–Crippen MR) is 123 cm³/mol. The zero-order chi connectivity index (χ0) is 22.8.